The van der Waals surface area contributed by atoms with Gasteiger partial charge in [0.15, 0.2) is 0 Å². The average Bonchev–Trinajstić information content (AvgIpc) is 2.68. The summed E-state index contributed by atoms with van der Waals surface area (Å²) in [7, 11) is 0. The number of benzene rings is 1. The number of rotatable bonds is 3. The van der Waals surface area contributed by atoms with Crippen LogP contribution in [0.1, 0.15) is 18.1 Å². The Labute approximate surface area is 167 Å². The fourth-order valence-electron chi connectivity index (χ4n) is 3.82. The molecule has 1 aliphatic heterocycles. The summed E-state index contributed by atoms with van der Waals surface area (Å²) < 4.78 is 18.4. The molecule has 0 aliphatic carbocycles. The quantitative estimate of drug-likeness (QED) is 0.638. The van der Waals surface area contributed by atoms with E-state index in [0.29, 0.717) is 36.6 Å². The highest BCUT2D eigenvalue weighted by Gasteiger charge is 2.28. The summed E-state index contributed by atoms with van der Waals surface area (Å²) >= 11 is 0. The number of halogens is 1. The second kappa shape index (κ2) is 7.66. The largest absolute Gasteiger partial charge is 0.423 e. The molecule has 29 heavy (non-hydrogen) atoms. The van der Waals surface area contributed by atoms with Gasteiger partial charge in [-0.3, -0.25) is 4.79 Å². The lowest BCUT2D eigenvalue weighted by molar-refractivity contribution is -0.131. The summed E-state index contributed by atoms with van der Waals surface area (Å²) in [5.41, 5.74) is 1.72. The molecule has 150 valence electrons. The van der Waals surface area contributed by atoms with Crippen LogP contribution < -0.4 is 10.5 Å². The molecule has 0 spiro atoms. The molecule has 1 aromatic carbocycles. The number of hydrogen-bond acceptors (Lipinski definition) is 5. The predicted octanol–water partition coefficient (Wildman–Crippen LogP) is 2.92. The summed E-state index contributed by atoms with van der Waals surface area (Å²) in [6.45, 7) is 5.63. The van der Waals surface area contributed by atoms with Crippen LogP contribution in [0, 0.1) is 12.7 Å². The number of carbonyl (C=O) groups is 1. The first-order valence-corrected chi connectivity index (χ1v) is 9.60. The molecule has 0 N–H and O–H groups in total. The molecule has 3 heterocycles. The highest BCUT2D eigenvalue weighted by atomic mass is 19.1. The fourth-order valence-corrected chi connectivity index (χ4v) is 3.82. The van der Waals surface area contributed by atoms with E-state index in [4.69, 9.17) is 4.42 Å². The number of piperazine rings is 1. The van der Waals surface area contributed by atoms with Crippen LogP contribution in [0.15, 0.2) is 51.8 Å². The molecule has 1 amide bonds. The maximum absolute atomic E-state index is 13.1. The number of aromatic nitrogens is 1. The van der Waals surface area contributed by atoms with Gasteiger partial charge >= 0.3 is 5.63 Å². The van der Waals surface area contributed by atoms with Gasteiger partial charge in [0.25, 0.3) is 0 Å². The van der Waals surface area contributed by atoms with E-state index >= 15 is 0 Å². The van der Waals surface area contributed by atoms with Crippen LogP contribution in [0.5, 0.6) is 0 Å². The molecule has 1 saturated heterocycles. The molecular formula is C22H22FN3O3. The minimum Gasteiger partial charge on any atom is -0.423 e. The van der Waals surface area contributed by atoms with E-state index < -0.39 is 5.63 Å². The first kappa shape index (κ1) is 19.1. The number of carbonyl (C=O) groups excluding carboxylic acids is 1. The van der Waals surface area contributed by atoms with E-state index in [0.717, 1.165) is 10.9 Å². The summed E-state index contributed by atoms with van der Waals surface area (Å²) in [6.07, 6.45) is 1.35. The Morgan fingerprint density at radius 1 is 1.24 bits per heavy atom. The lowest BCUT2D eigenvalue weighted by Gasteiger charge is -2.40. The van der Waals surface area contributed by atoms with Gasteiger partial charge in [-0.05, 0) is 43.2 Å². The third-order valence-corrected chi connectivity index (χ3v) is 5.31. The van der Waals surface area contributed by atoms with Gasteiger partial charge in [-0.2, -0.15) is 0 Å². The Bertz CT molecular complexity index is 1110. The lowest BCUT2D eigenvalue weighted by atomic mass is 10.0. The van der Waals surface area contributed by atoms with Crippen LogP contribution >= 0.6 is 0 Å². The molecule has 7 heteroatoms. The van der Waals surface area contributed by atoms with Gasteiger partial charge in [0.1, 0.15) is 17.2 Å². The van der Waals surface area contributed by atoms with Gasteiger partial charge in [-0.25, -0.2) is 14.2 Å². The Morgan fingerprint density at radius 3 is 2.79 bits per heavy atom. The van der Waals surface area contributed by atoms with Gasteiger partial charge < -0.3 is 14.2 Å². The molecule has 1 unspecified atom stereocenters. The van der Waals surface area contributed by atoms with Crippen LogP contribution in [0.2, 0.25) is 0 Å². The first-order valence-electron chi connectivity index (χ1n) is 9.60. The van der Waals surface area contributed by atoms with Gasteiger partial charge in [-0.1, -0.05) is 12.1 Å². The van der Waals surface area contributed by atoms with Crippen molar-refractivity contribution in [2.24, 2.45) is 0 Å². The number of anilines is 1. The maximum atomic E-state index is 13.1. The number of nitrogens with zero attached hydrogens (tertiary/aromatic N) is 3. The van der Waals surface area contributed by atoms with Gasteiger partial charge in [-0.15, -0.1) is 0 Å². The molecule has 1 fully saturated rings. The molecule has 0 bridgehead atoms. The SMILES string of the molecule is Cc1ccc2c(CC(=O)N3CCN(c4ccc(F)cn4)C(C)C3)cc(=O)oc2c1. The Balaban J connectivity index is 1.50. The molecule has 2 aromatic heterocycles. The van der Waals surface area contributed by atoms with E-state index in [2.05, 4.69) is 9.88 Å². The van der Waals surface area contributed by atoms with Crippen molar-refractivity contribution in [2.75, 3.05) is 24.5 Å². The molecule has 6 nitrogen and oxygen atoms in total. The molecule has 3 aromatic rings. The minimum atomic E-state index is -0.452. The van der Waals surface area contributed by atoms with E-state index in [1.54, 1.807) is 17.0 Å². The number of hydrogen-bond donors (Lipinski definition) is 0. The van der Waals surface area contributed by atoms with E-state index in [1.165, 1.54) is 18.3 Å². The molecule has 0 saturated carbocycles. The van der Waals surface area contributed by atoms with Crippen LogP contribution in [-0.2, 0) is 11.2 Å². The third-order valence-electron chi connectivity index (χ3n) is 5.31. The van der Waals surface area contributed by atoms with Crippen LogP contribution in [0.4, 0.5) is 10.2 Å². The van der Waals surface area contributed by atoms with Gasteiger partial charge in [0.2, 0.25) is 5.91 Å². The van der Waals surface area contributed by atoms with Crippen molar-refractivity contribution < 1.29 is 13.6 Å². The first-order chi connectivity index (χ1) is 13.9. The predicted molar refractivity (Wildman–Crippen MR) is 109 cm³/mol. The van der Waals surface area contributed by atoms with Crippen molar-refractivity contribution in [3.05, 3.63) is 70.0 Å². The zero-order valence-corrected chi connectivity index (χ0v) is 16.4. The van der Waals surface area contributed by atoms with Crippen molar-refractivity contribution in [1.82, 2.24) is 9.88 Å². The van der Waals surface area contributed by atoms with Crippen molar-refractivity contribution in [3.63, 3.8) is 0 Å². The Hall–Kier alpha value is -3.22. The zero-order valence-electron chi connectivity index (χ0n) is 16.4. The number of pyridine rings is 1. The number of aryl methyl sites for hydroxylation is 1. The number of fused-ring (bicyclic) bond motifs is 1. The molecule has 4 rings (SSSR count). The highest BCUT2D eigenvalue weighted by molar-refractivity contribution is 5.87. The number of amides is 1. The van der Waals surface area contributed by atoms with Crippen LogP contribution in [0.3, 0.4) is 0 Å². The monoisotopic (exact) mass is 395 g/mol. The molecule has 0 radical (unpaired) electrons. The van der Waals surface area contributed by atoms with Gasteiger partial charge in [0.05, 0.1) is 12.6 Å². The highest BCUT2D eigenvalue weighted by Crippen LogP contribution is 2.22. The maximum Gasteiger partial charge on any atom is 0.336 e. The molecule has 1 atom stereocenters. The summed E-state index contributed by atoms with van der Waals surface area (Å²) in [6, 6.07) is 10.1. The van der Waals surface area contributed by atoms with Crippen molar-refractivity contribution in [1.29, 1.82) is 0 Å². The fraction of sp³-hybridized carbons (Fsp3) is 0.318. The summed E-state index contributed by atoms with van der Waals surface area (Å²) in [4.78, 5) is 32.9. The minimum absolute atomic E-state index is 0.0314. The van der Waals surface area contributed by atoms with E-state index in [9.17, 15) is 14.0 Å². The lowest BCUT2D eigenvalue weighted by Crippen LogP contribution is -2.54. The average molecular weight is 395 g/mol. The Kier molecular flexibility index (Phi) is 5.05. The van der Waals surface area contributed by atoms with Crippen LogP contribution in [-0.4, -0.2) is 41.5 Å². The van der Waals surface area contributed by atoms with Crippen molar-refractivity contribution >= 4 is 22.7 Å². The second-order valence-corrected chi connectivity index (χ2v) is 7.48. The standard InChI is InChI=1S/C22H22FN3O3/c1-14-3-5-18-16(11-22(28)29-19(18)9-14)10-21(27)25-7-8-26(15(2)13-25)20-6-4-17(23)12-24-20/h3-6,9,11-12,15H,7-8,10,13H2,1-2H3. The van der Waals surface area contributed by atoms with Crippen molar-refractivity contribution in [2.45, 2.75) is 26.3 Å². The molecular weight excluding hydrogens is 373 g/mol. The summed E-state index contributed by atoms with van der Waals surface area (Å²) in [5, 5.41) is 0.783. The second-order valence-electron chi connectivity index (χ2n) is 7.48. The zero-order chi connectivity index (χ0) is 20.5. The summed E-state index contributed by atoms with van der Waals surface area (Å²) in [5.74, 6) is 0.300. The topological polar surface area (TPSA) is 66.7 Å². The normalized spacial score (nSPS) is 17.0. The van der Waals surface area contributed by atoms with E-state index in [-0.39, 0.29) is 24.2 Å². The Morgan fingerprint density at radius 2 is 2.07 bits per heavy atom. The van der Waals surface area contributed by atoms with Crippen molar-refractivity contribution in [3.8, 4) is 0 Å². The third kappa shape index (κ3) is 3.99. The smallest absolute Gasteiger partial charge is 0.336 e. The van der Waals surface area contributed by atoms with E-state index in [1.807, 2.05) is 26.0 Å². The molecule has 1 aliphatic rings. The van der Waals surface area contributed by atoms with Gasteiger partial charge in [0, 0.05) is 37.1 Å². The van der Waals surface area contributed by atoms with Crippen LogP contribution in [0.25, 0.3) is 11.0 Å².